The Labute approximate surface area is 144 Å². The van der Waals surface area contributed by atoms with Crippen LogP contribution in [-0.4, -0.2) is 35.0 Å². The first-order valence-corrected chi connectivity index (χ1v) is 9.37. The lowest BCUT2D eigenvalue weighted by Gasteiger charge is -2.66. The number of aliphatic hydroxyl groups is 2. The molecule has 0 spiro atoms. The van der Waals surface area contributed by atoms with Crippen molar-refractivity contribution in [2.75, 3.05) is 6.61 Å². The van der Waals surface area contributed by atoms with Gasteiger partial charge < -0.3 is 14.9 Å². The van der Waals surface area contributed by atoms with Gasteiger partial charge in [-0.1, -0.05) is 34.1 Å². The number of ether oxygens (including phenoxy) is 1. The van der Waals surface area contributed by atoms with E-state index < -0.39 is 17.6 Å². The van der Waals surface area contributed by atoms with Crippen LogP contribution in [0.25, 0.3) is 0 Å². The Kier molecular flexibility index (Phi) is 3.35. The van der Waals surface area contributed by atoms with E-state index in [0.717, 1.165) is 19.3 Å². The van der Waals surface area contributed by atoms with E-state index in [-0.39, 0.29) is 28.6 Å². The molecule has 1 aliphatic heterocycles. The summed E-state index contributed by atoms with van der Waals surface area (Å²) in [5.74, 6) is -0.0746. The SMILES string of the molecule is CC1(C)CCC[C@]2(C)[C@H]3[C@H](O)C=C4C(=O)OC[C@H]4[C@]3(C)[C@@H](O)C[C@@H]12. The van der Waals surface area contributed by atoms with Gasteiger partial charge in [-0.2, -0.15) is 0 Å². The summed E-state index contributed by atoms with van der Waals surface area (Å²) in [4.78, 5) is 12.1. The summed E-state index contributed by atoms with van der Waals surface area (Å²) in [6.45, 7) is 9.35. The lowest BCUT2D eigenvalue weighted by molar-refractivity contribution is -0.222. The fraction of sp³-hybridized carbons (Fsp3) is 0.850. The molecule has 24 heavy (non-hydrogen) atoms. The summed E-state index contributed by atoms with van der Waals surface area (Å²) in [6.07, 6.45) is 4.68. The summed E-state index contributed by atoms with van der Waals surface area (Å²) in [5.41, 5.74) is 0.218. The van der Waals surface area contributed by atoms with Crippen LogP contribution in [0.3, 0.4) is 0 Å². The molecule has 4 rings (SSSR count). The molecule has 2 saturated carbocycles. The number of rotatable bonds is 0. The summed E-state index contributed by atoms with van der Waals surface area (Å²) < 4.78 is 5.29. The summed E-state index contributed by atoms with van der Waals surface area (Å²) in [5, 5.41) is 22.2. The predicted octanol–water partition coefficient (Wildman–Crippen LogP) is 2.68. The van der Waals surface area contributed by atoms with Crippen LogP contribution in [0.2, 0.25) is 0 Å². The highest BCUT2D eigenvalue weighted by Crippen LogP contribution is 2.68. The van der Waals surface area contributed by atoms with Gasteiger partial charge in [0.15, 0.2) is 0 Å². The van der Waals surface area contributed by atoms with Gasteiger partial charge in [0.05, 0.1) is 18.8 Å². The standard InChI is InChI=1S/C20H30O4/c1-18(2)6-5-7-19(3)14(18)9-15(22)20(4)12-10-24-17(23)11(12)8-13(21)16(19)20/h8,12-16,21-22H,5-7,9-10H2,1-4H3/t12-,13-,14+,15+,16-,19+,20-/m1/s1. The molecular weight excluding hydrogens is 304 g/mol. The van der Waals surface area contributed by atoms with Crippen molar-refractivity contribution in [3.63, 3.8) is 0 Å². The Morgan fingerprint density at radius 2 is 1.88 bits per heavy atom. The largest absolute Gasteiger partial charge is 0.462 e. The molecule has 0 bridgehead atoms. The first-order valence-electron chi connectivity index (χ1n) is 9.37. The van der Waals surface area contributed by atoms with Gasteiger partial charge in [-0.05, 0) is 42.1 Å². The maximum absolute atomic E-state index is 12.1. The number of esters is 1. The molecule has 0 aromatic rings. The summed E-state index contributed by atoms with van der Waals surface area (Å²) >= 11 is 0. The van der Waals surface area contributed by atoms with E-state index in [4.69, 9.17) is 4.74 Å². The van der Waals surface area contributed by atoms with E-state index in [1.54, 1.807) is 6.08 Å². The number of hydrogen-bond acceptors (Lipinski definition) is 4. The molecule has 4 heteroatoms. The Bertz CT molecular complexity index is 609. The van der Waals surface area contributed by atoms with Gasteiger partial charge in [-0.15, -0.1) is 0 Å². The number of hydrogen-bond donors (Lipinski definition) is 2. The minimum atomic E-state index is -0.691. The van der Waals surface area contributed by atoms with Gasteiger partial charge in [-0.25, -0.2) is 4.79 Å². The normalized spacial score (nSPS) is 52.7. The van der Waals surface area contributed by atoms with Gasteiger partial charge in [0.25, 0.3) is 0 Å². The number of carbonyl (C=O) groups is 1. The van der Waals surface area contributed by atoms with Crippen molar-refractivity contribution >= 4 is 5.97 Å². The van der Waals surface area contributed by atoms with Gasteiger partial charge in [-0.3, -0.25) is 0 Å². The Morgan fingerprint density at radius 3 is 2.58 bits per heavy atom. The average Bonchev–Trinajstić information content (AvgIpc) is 2.83. The molecule has 134 valence electrons. The van der Waals surface area contributed by atoms with Crippen LogP contribution in [0.4, 0.5) is 0 Å². The number of aliphatic hydroxyl groups excluding tert-OH is 2. The Balaban J connectivity index is 1.86. The van der Waals surface area contributed by atoms with E-state index in [2.05, 4.69) is 27.7 Å². The van der Waals surface area contributed by atoms with Crippen molar-refractivity contribution < 1.29 is 19.7 Å². The first-order chi connectivity index (χ1) is 11.1. The molecule has 0 unspecified atom stereocenters. The van der Waals surface area contributed by atoms with Crippen molar-refractivity contribution in [2.24, 2.45) is 34.0 Å². The van der Waals surface area contributed by atoms with Crippen molar-refractivity contribution in [1.82, 2.24) is 0 Å². The summed E-state index contributed by atoms with van der Waals surface area (Å²) in [7, 11) is 0. The third kappa shape index (κ3) is 1.84. The van der Waals surface area contributed by atoms with Crippen molar-refractivity contribution in [3.05, 3.63) is 11.6 Å². The Hall–Kier alpha value is -0.870. The second-order valence-electron chi connectivity index (χ2n) is 9.76. The minimum absolute atomic E-state index is 0.0250. The van der Waals surface area contributed by atoms with Crippen molar-refractivity contribution in [2.45, 2.75) is 65.6 Å². The van der Waals surface area contributed by atoms with Crippen LogP contribution < -0.4 is 0 Å². The molecule has 0 aromatic carbocycles. The van der Waals surface area contributed by atoms with Crippen molar-refractivity contribution in [3.8, 4) is 0 Å². The highest BCUT2D eigenvalue weighted by molar-refractivity contribution is 5.91. The molecule has 3 aliphatic carbocycles. The van der Waals surface area contributed by atoms with E-state index >= 15 is 0 Å². The lowest BCUT2D eigenvalue weighted by atomic mass is 9.38. The maximum atomic E-state index is 12.1. The third-order valence-corrected chi connectivity index (χ3v) is 8.27. The molecule has 4 nitrogen and oxygen atoms in total. The zero-order valence-electron chi connectivity index (χ0n) is 15.2. The highest BCUT2D eigenvalue weighted by Gasteiger charge is 2.68. The number of carbonyl (C=O) groups excluding carboxylic acids is 1. The highest BCUT2D eigenvalue weighted by atomic mass is 16.5. The minimum Gasteiger partial charge on any atom is -0.462 e. The number of cyclic esters (lactones) is 1. The second-order valence-corrected chi connectivity index (χ2v) is 9.76. The van der Waals surface area contributed by atoms with Crippen LogP contribution in [0.5, 0.6) is 0 Å². The summed E-state index contributed by atoms with van der Waals surface area (Å²) in [6, 6.07) is 0. The monoisotopic (exact) mass is 334 g/mol. The maximum Gasteiger partial charge on any atom is 0.334 e. The van der Waals surface area contributed by atoms with E-state index in [1.165, 1.54) is 6.42 Å². The molecule has 0 aromatic heterocycles. The molecule has 0 amide bonds. The van der Waals surface area contributed by atoms with Crippen LogP contribution in [0.15, 0.2) is 11.6 Å². The molecular formula is C20H30O4. The quantitative estimate of drug-likeness (QED) is 0.669. The molecule has 1 heterocycles. The molecule has 4 aliphatic rings. The van der Waals surface area contributed by atoms with Gasteiger partial charge in [0.2, 0.25) is 0 Å². The van der Waals surface area contributed by atoms with Crippen LogP contribution in [0.1, 0.15) is 53.4 Å². The van der Waals surface area contributed by atoms with E-state index in [1.807, 2.05) is 0 Å². The molecule has 0 radical (unpaired) electrons. The van der Waals surface area contributed by atoms with Crippen LogP contribution in [-0.2, 0) is 9.53 Å². The van der Waals surface area contributed by atoms with Crippen molar-refractivity contribution in [1.29, 1.82) is 0 Å². The van der Waals surface area contributed by atoms with E-state index in [9.17, 15) is 15.0 Å². The van der Waals surface area contributed by atoms with Crippen LogP contribution in [0, 0.1) is 34.0 Å². The zero-order chi connectivity index (χ0) is 17.5. The molecule has 2 N–H and O–H groups in total. The van der Waals surface area contributed by atoms with Crippen LogP contribution >= 0.6 is 0 Å². The number of fused-ring (bicyclic) bond motifs is 5. The first kappa shape index (κ1) is 16.6. The van der Waals surface area contributed by atoms with Gasteiger partial charge in [0, 0.05) is 22.8 Å². The molecule has 3 fully saturated rings. The third-order valence-electron chi connectivity index (χ3n) is 8.27. The zero-order valence-corrected chi connectivity index (χ0v) is 15.2. The lowest BCUT2D eigenvalue weighted by Crippen LogP contribution is -2.66. The topological polar surface area (TPSA) is 66.8 Å². The fourth-order valence-electron chi connectivity index (χ4n) is 7.18. The predicted molar refractivity (Wildman–Crippen MR) is 90.0 cm³/mol. The van der Waals surface area contributed by atoms with E-state index in [0.29, 0.717) is 18.1 Å². The van der Waals surface area contributed by atoms with Gasteiger partial charge in [0.1, 0.15) is 0 Å². The Morgan fingerprint density at radius 1 is 1.17 bits per heavy atom. The smallest absolute Gasteiger partial charge is 0.334 e. The fourth-order valence-corrected chi connectivity index (χ4v) is 7.18. The molecule has 7 atom stereocenters. The average molecular weight is 334 g/mol. The second kappa shape index (κ2) is 4.85. The van der Waals surface area contributed by atoms with Gasteiger partial charge >= 0.3 is 5.97 Å². The molecule has 1 saturated heterocycles.